The van der Waals surface area contributed by atoms with Crippen LogP contribution in [0.25, 0.3) is 22.0 Å². The molecule has 6 rings (SSSR count). The first-order chi connectivity index (χ1) is 26.8. The van der Waals surface area contributed by atoms with Crippen LogP contribution in [0.2, 0.25) is 0 Å². The van der Waals surface area contributed by atoms with Crippen LogP contribution in [-0.4, -0.2) is 73.5 Å². The number of likely N-dealkylation sites (tertiary alicyclic amines) is 1. The van der Waals surface area contributed by atoms with Crippen molar-refractivity contribution in [3.05, 3.63) is 107 Å². The van der Waals surface area contributed by atoms with Crippen LogP contribution in [0.15, 0.2) is 93.7 Å². The van der Waals surface area contributed by atoms with Crippen LogP contribution in [0.1, 0.15) is 52.0 Å². The van der Waals surface area contributed by atoms with Gasteiger partial charge in [-0.15, -0.1) is 0 Å². The number of carbonyl (C=O) groups excluding carboxylic acids is 1. The molecule has 0 bridgehead atoms. The molecule has 0 N–H and O–H groups in total. The van der Waals surface area contributed by atoms with Gasteiger partial charge in [0.15, 0.2) is 21.4 Å². The van der Waals surface area contributed by atoms with Gasteiger partial charge in [-0.25, -0.2) is 34.4 Å². The number of piperidine rings is 1. The SMILES string of the molecule is Cc1ccc(S(=O)(=O)n2ccc3c(-c4cc(S(=O)(=O)CCCCOC5CCN(C(=O)OC(C)(C)C)CC5)ccc4Oc4ccc(F)cc4F)cn(C)c(=O)c32)cc1. The number of ether oxygens (including phenoxy) is 3. The van der Waals surface area contributed by atoms with E-state index in [0.717, 1.165) is 21.7 Å². The summed E-state index contributed by atoms with van der Waals surface area (Å²) < 4.78 is 103. The number of carbonyl (C=O) groups is 1. The second kappa shape index (κ2) is 16.4. The lowest BCUT2D eigenvalue weighted by molar-refractivity contribution is -0.0118. The summed E-state index contributed by atoms with van der Waals surface area (Å²) in [5.74, 6) is -2.43. The third-order valence-electron chi connectivity index (χ3n) is 9.53. The molecule has 0 atom stereocenters. The third-order valence-corrected chi connectivity index (χ3v) is 13.0. The Hall–Kier alpha value is -5.06. The number of nitrogens with zero attached hydrogens (tertiary/aromatic N) is 3. The minimum Gasteiger partial charge on any atom is -0.454 e. The summed E-state index contributed by atoms with van der Waals surface area (Å²) in [6.45, 7) is 8.58. The van der Waals surface area contributed by atoms with Crippen molar-refractivity contribution >= 4 is 36.9 Å². The Balaban J connectivity index is 1.26. The van der Waals surface area contributed by atoms with Crippen LogP contribution < -0.4 is 10.3 Å². The number of aromatic nitrogens is 2. The van der Waals surface area contributed by atoms with E-state index in [1.807, 2.05) is 27.7 Å². The smallest absolute Gasteiger partial charge is 0.410 e. The molecular weight excluding hydrogens is 781 g/mol. The van der Waals surface area contributed by atoms with Crippen molar-refractivity contribution in [3.63, 3.8) is 0 Å². The van der Waals surface area contributed by atoms with Crippen LogP contribution in [-0.2, 0) is 36.4 Å². The molecule has 0 unspecified atom stereocenters. The molecule has 0 spiro atoms. The first-order valence-electron chi connectivity index (χ1n) is 18.5. The number of halogens is 2. The first kappa shape index (κ1) is 41.6. The van der Waals surface area contributed by atoms with Gasteiger partial charge < -0.3 is 23.7 Å². The van der Waals surface area contributed by atoms with Gasteiger partial charge in [0.25, 0.3) is 15.6 Å². The summed E-state index contributed by atoms with van der Waals surface area (Å²) in [6, 6.07) is 14.3. The topological polar surface area (TPSA) is 143 Å². The first-order valence-corrected chi connectivity index (χ1v) is 21.6. The van der Waals surface area contributed by atoms with E-state index in [2.05, 4.69) is 0 Å². The highest BCUT2D eigenvalue weighted by molar-refractivity contribution is 7.91. The highest BCUT2D eigenvalue weighted by Crippen LogP contribution is 2.40. The molecule has 57 heavy (non-hydrogen) atoms. The fraction of sp³-hybridized carbons (Fsp3) is 0.366. The predicted octanol–water partition coefficient (Wildman–Crippen LogP) is 7.59. The Labute approximate surface area is 330 Å². The van der Waals surface area contributed by atoms with Crippen molar-refractivity contribution in [2.75, 3.05) is 25.4 Å². The van der Waals surface area contributed by atoms with E-state index < -0.39 is 42.7 Å². The van der Waals surface area contributed by atoms with Crippen molar-refractivity contribution in [2.45, 2.75) is 74.9 Å². The molecule has 1 amide bonds. The fourth-order valence-corrected chi connectivity index (χ4v) is 9.28. The summed E-state index contributed by atoms with van der Waals surface area (Å²) in [6.07, 6.45) is 4.24. The highest BCUT2D eigenvalue weighted by atomic mass is 32.2. The number of sulfone groups is 1. The second-order valence-electron chi connectivity index (χ2n) is 15.0. The van der Waals surface area contributed by atoms with E-state index >= 15 is 0 Å². The molecular formula is C41H45F2N3O9S2. The number of hydrogen-bond acceptors (Lipinski definition) is 9. The van der Waals surface area contributed by atoms with E-state index in [1.54, 1.807) is 17.0 Å². The third kappa shape index (κ3) is 9.40. The second-order valence-corrected chi connectivity index (χ2v) is 19.0. The van der Waals surface area contributed by atoms with Gasteiger partial charge in [0.1, 0.15) is 22.7 Å². The fourth-order valence-electron chi connectivity index (χ4n) is 6.54. The van der Waals surface area contributed by atoms with Crippen LogP contribution in [0, 0.1) is 18.6 Å². The average molecular weight is 826 g/mol. The number of unbranched alkanes of at least 4 members (excludes halogenated alkanes) is 1. The number of rotatable bonds is 12. The van der Waals surface area contributed by atoms with Crippen LogP contribution in [0.4, 0.5) is 13.6 Å². The van der Waals surface area contributed by atoms with Crippen molar-refractivity contribution in [2.24, 2.45) is 7.05 Å². The highest BCUT2D eigenvalue weighted by Gasteiger charge is 2.28. The lowest BCUT2D eigenvalue weighted by Crippen LogP contribution is -2.43. The summed E-state index contributed by atoms with van der Waals surface area (Å²) >= 11 is 0. The molecule has 12 nitrogen and oxygen atoms in total. The van der Waals surface area contributed by atoms with E-state index in [1.165, 1.54) is 60.4 Å². The number of aryl methyl sites for hydroxylation is 2. The zero-order valence-corrected chi connectivity index (χ0v) is 34.0. The molecule has 3 aromatic carbocycles. The molecule has 3 heterocycles. The molecule has 304 valence electrons. The van der Waals surface area contributed by atoms with Crippen LogP contribution in [0.5, 0.6) is 11.5 Å². The maximum Gasteiger partial charge on any atom is 0.410 e. The summed E-state index contributed by atoms with van der Waals surface area (Å²) in [7, 11) is -6.75. The molecule has 2 aromatic heterocycles. The molecule has 1 aliphatic heterocycles. The van der Waals surface area contributed by atoms with Gasteiger partial charge in [0.2, 0.25) is 0 Å². The minimum atomic E-state index is -4.25. The van der Waals surface area contributed by atoms with Gasteiger partial charge in [-0.1, -0.05) is 17.7 Å². The molecule has 1 fully saturated rings. The van der Waals surface area contributed by atoms with Gasteiger partial charge in [-0.3, -0.25) is 4.79 Å². The Bertz CT molecular complexity index is 2570. The maximum atomic E-state index is 14.8. The number of hydrogen-bond donors (Lipinski definition) is 0. The van der Waals surface area contributed by atoms with Crippen LogP contribution in [0.3, 0.4) is 0 Å². The number of fused-ring (bicyclic) bond motifs is 1. The molecule has 16 heteroatoms. The Morgan fingerprint density at radius 3 is 2.19 bits per heavy atom. The Kier molecular flexibility index (Phi) is 12.0. The van der Waals surface area contributed by atoms with E-state index in [9.17, 15) is 35.2 Å². The van der Waals surface area contributed by atoms with Gasteiger partial charge in [-0.05, 0) is 102 Å². The quantitative estimate of drug-likeness (QED) is 0.116. The minimum absolute atomic E-state index is 0.0281. The molecule has 1 saturated heterocycles. The van der Waals surface area contributed by atoms with E-state index in [0.29, 0.717) is 45.0 Å². The average Bonchev–Trinajstić information content (AvgIpc) is 3.61. The molecule has 0 aliphatic carbocycles. The van der Waals surface area contributed by atoms with Gasteiger partial charge in [0.05, 0.1) is 21.6 Å². The molecule has 5 aromatic rings. The molecule has 0 radical (unpaired) electrons. The van der Waals surface area contributed by atoms with Gasteiger partial charge in [-0.2, -0.15) is 0 Å². The monoisotopic (exact) mass is 825 g/mol. The Morgan fingerprint density at radius 2 is 1.53 bits per heavy atom. The maximum absolute atomic E-state index is 14.8. The number of benzene rings is 3. The summed E-state index contributed by atoms with van der Waals surface area (Å²) in [5.41, 5.74) is -0.233. The normalized spacial score (nSPS) is 14.3. The van der Waals surface area contributed by atoms with Gasteiger partial charge in [0, 0.05) is 61.7 Å². The Morgan fingerprint density at radius 1 is 0.860 bits per heavy atom. The standard InChI is InChI=1S/C41H45F2N3O9S2/c1-27-8-11-30(12-9-27)57(51,52)46-21-18-32-34(26-44(5)39(47)38(32)46)33-25-31(13-15-36(33)54-37-14-10-28(42)24-35(37)43)56(49,50)23-7-6-22-53-29-16-19-45(20-17-29)40(48)55-41(2,3)4/h8-15,18,21,24-26,29H,6-7,16-17,19-20,22-23H2,1-5H3. The summed E-state index contributed by atoms with van der Waals surface area (Å²) in [4.78, 5) is 27.5. The van der Waals surface area contributed by atoms with E-state index in [4.69, 9.17) is 14.2 Å². The van der Waals surface area contributed by atoms with Crippen molar-refractivity contribution < 1.29 is 44.6 Å². The lowest BCUT2D eigenvalue weighted by atomic mass is 10.0. The van der Waals surface area contributed by atoms with Crippen LogP contribution >= 0.6 is 0 Å². The predicted molar refractivity (Wildman–Crippen MR) is 211 cm³/mol. The number of amides is 1. The van der Waals surface area contributed by atoms with E-state index in [-0.39, 0.29) is 67.7 Å². The zero-order chi connectivity index (χ0) is 41.3. The van der Waals surface area contributed by atoms with Gasteiger partial charge >= 0.3 is 6.09 Å². The van der Waals surface area contributed by atoms with Crippen molar-refractivity contribution in [1.29, 1.82) is 0 Å². The molecule has 0 saturated carbocycles. The lowest BCUT2D eigenvalue weighted by Gasteiger charge is -2.33. The van der Waals surface area contributed by atoms with Crippen molar-refractivity contribution in [3.8, 4) is 22.6 Å². The largest absolute Gasteiger partial charge is 0.454 e. The number of pyridine rings is 1. The van der Waals surface area contributed by atoms with Crippen molar-refractivity contribution in [1.82, 2.24) is 13.4 Å². The molecule has 1 aliphatic rings. The summed E-state index contributed by atoms with van der Waals surface area (Å²) in [5, 5.41) is 0.168. The zero-order valence-electron chi connectivity index (χ0n) is 32.3.